The topological polar surface area (TPSA) is 84.6 Å². The Bertz CT molecular complexity index is 1010. The van der Waals surface area contributed by atoms with Gasteiger partial charge in [-0.15, -0.1) is 0 Å². The lowest BCUT2D eigenvalue weighted by molar-refractivity contribution is 0.288. The molecule has 3 heterocycles. The van der Waals surface area contributed by atoms with Gasteiger partial charge in [-0.3, -0.25) is 4.98 Å². The smallest absolute Gasteiger partial charge is 0.232 e. The molecule has 0 N–H and O–H groups in total. The molecule has 3 aromatic rings. The van der Waals surface area contributed by atoms with E-state index in [4.69, 9.17) is 15.0 Å². The Labute approximate surface area is 157 Å². The maximum atomic E-state index is 8.92. The summed E-state index contributed by atoms with van der Waals surface area (Å²) in [5.41, 5.74) is 6.07. The number of ether oxygens (including phenoxy) is 1. The predicted molar refractivity (Wildman–Crippen MR) is 99.9 cm³/mol. The molecule has 0 radical (unpaired) electrons. The maximum Gasteiger partial charge on any atom is 0.232 e. The fourth-order valence-corrected chi connectivity index (χ4v) is 3.36. The summed E-state index contributed by atoms with van der Waals surface area (Å²) >= 11 is 0. The van der Waals surface area contributed by atoms with Crippen molar-refractivity contribution in [3.63, 3.8) is 0 Å². The number of nitriles is 1. The lowest BCUT2D eigenvalue weighted by Gasteiger charge is -2.20. The minimum Gasteiger partial charge on any atom is -0.471 e. The average molecular weight is 357 g/mol. The van der Waals surface area contributed by atoms with Crippen LogP contribution in [0.25, 0.3) is 11.1 Å². The van der Waals surface area contributed by atoms with Crippen LogP contribution in [0.1, 0.15) is 41.3 Å². The number of hydrogen-bond donors (Lipinski definition) is 0. The first-order valence-electron chi connectivity index (χ1n) is 9.03. The number of hydrogen-bond acceptors (Lipinski definition) is 6. The molecule has 3 aromatic heterocycles. The van der Waals surface area contributed by atoms with Crippen LogP contribution >= 0.6 is 0 Å². The molecule has 0 atom stereocenters. The van der Waals surface area contributed by atoms with E-state index in [1.54, 1.807) is 12.4 Å². The number of fused-ring (bicyclic) bond motifs is 1. The summed E-state index contributed by atoms with van der Waals surface area (Å²) in [6.07, 6.45) is 7.60. The molecule has 27 heavy (non-hydrogen) atoms. The van der Waals surface area contributed by atoms with Crippen LogP contribution in [0.5, 0.6) is 5.88 Å². The van der Waals surface area contributed by atoms with Crippen LogP contribution in [0.3, 0.4) is 0 Å². The molecule has 0 amide bonds. The van der Waals surface area contributed by atoms with Crippen LogP contribution in [0, 0.1) is 18.3 Å². The minimum absolute atomic E-state index is 0.170. The molecule has 1 aliphatic rings. The van der Waals surface area contributed by atoms with Gasteiger partial charge in [0, 0.05) is 35.4 Å². The summed E-state index contributed by atoms with van der Waals surface area (Å²) in [6, 6.07) is 9.79. The van der Waals surface area contributed by atoms with Crippen LogP contribution in [-0.2, 0) is 19.4 Å². The predicted octanol–water partition coefficient (Wildman–Crippen LogP) is 3.57. The molecule has 0 saturated heterocycles. The molecule has 6 nitrogen and oxygen atoms in total. The highest BCUT2D eigenvalue weighted by atomic mass is 16.5. The lowest BCUT2D eigenvalue weighted by atomic mass is 9.90. The molecule has 6 heteroatoms. The van der Waals surface area contributed by atoms with Crippen LogP contribution in [0.4, 0.5) is 0 Å². The van der Waals surface area contributed by atoms with Gasteiger partial charge in [0.15, 0.2) is 0 Å². The average Bonchev–Trinajstić information content (AvgIpc) is 2.72. The van der Waals surface area contributed by atoms with Crippen molar-refractivity contribution in [1.82, 2.24) is 19.9 Å². The van der Waals surface area contributed by atoms with Gasteiger partial charge in [0.25, 0.3) is 0 Å². The van der Waals surface area contributed by atoms with Gasteiger partial charge in [0.05, 0.1) is 5.69 Å². The molecule has 0 aromatic carbocycles. The van der Waals surface area contributed by atoms with Gasteiger partial charge in [-0.25, -0.2) is 15.0 Å². The number of nitrogens with zero attached hydrogens (tertiary/aromatic N) is 5. The van der Waals surface area contributed by atoms with Crippen molar-refractivity contribution in [2.75, 3.05) is 0 Å². The number of aromatic nitrogens is 4. The van der Waals surface area contributed by atoms with E-state index in [1.165, 1.54) is 5.56 Å². The van der Waals surface area contributed by atoms with Crippen molar-refractivity contribution >= 4 is 0 Å². The van der Waals surface area contributed by atoms with Crippen molar-refractivity contribution in [1.29, 1.82) is 5.26 Å². The monoisotopic (exact) mass is 357 g/mol. The third kappa shape index (κ3) is 3.77. The summed E-state index contributed by atoms with van der Waals surface area (Å²) in [4.78, 5) is 17.4. The molecule has 4 rings (SSSR count). The van der Waals surface area contributed by atoms with E-state index in [0.717, 1.165) is 53.9 Å². The zero-order valence-electron chi connectivity index (χ0n) is 15.1. The quantitative estimate of drug-likeness (QED) is 0.710. The van der Waals surface area contributed by atoms with Crippen molar-refractivity contribution in [3.8, 4) is 23.1 Å². The van der Waals surface area contributed by atoms with E-state index in [0.29, 0.717) is 12.5 Å². The zero-order chi connectivity index (χ0) is 18.6. The fourth-order valence-electron chi connectivity index (χ4n) is 3.36. The van der Waals surface area contributed by atoms with Crippen molar-refractivity contribution in [3.05, 3.63) is 65.1 Å². The summed E-state index contributed by atoms with van der Waals surface area (Å²) in [5.74, 6) is 0.752. The summed E-state index contributed by atoms with van der Waals surface area (Å²) in [7, 11) is 0. The summed E-state index contributed by atoms with van der Waals surface area (Å²) in [5, 5.41) is 8.92. The number of aryl methyl sites for hydroxylation is 2. The fraction of sp³-hybridized carbons (Fsp3) is 0.286. The molecule has 0 bridgehead atoms. The van der Waals surface area contributed by atoms with Crippen molar-refractivity contribution in [2.45, 2.75) is 39.2 Å². The maximum absolute atomic E-state index is 8.92. The summed E-state index contributed by atoms with van der Waals surface area (Å²) < 4.78 is 5.95. The first-order chi connectivity index (χ1) is 13.2. The Morgan fingerprint density at radius 1 is 1.11 bits per heavy atom. The molecule has 0 fully saturated rings. The van der Waals surface area contributed by atoms with Crippen LogP contribution < -0.4 is 4.74 Å². The normalized spacial score (nSPS) is 12.9. The molecular weight excluding hydrogens is 338 g/mol. The molecule has 134 valence electrons. The second-order valence-electron chi connectivity index (χ2n) is 6.61. The number of pyridine rings is 2. The Kier molecular flexibility index (Phi) is 4.75. The minimum atomic E-state index is 0.170. The van der Waals surface area contributed by atoms with Gasteiger partial charge >= 0.3 is 0 Å². The Balaban J connectivity index is 1.67. The Morgan fingerprint density at radius 3 is 2.70 bits per heavy atom. The highest BCUT2D eigenvalue weighted by molar-refractivity contribution is 5.68. The molecule has 0 saturated carbocycles. The van der Waals surface area contributed by atoms with Crippen LogP contribution in [0.15, 0.2) is 36.7 Å². The zero-order valence-corrected chi connectivity index (χ0v) is 15.1. The standard InChI is InChI=1S/C21H19N5O/c1-14-5-4-6-16(25-14)13-27-21-9-18(15-11-23-20(10-22)24-12-15)17-7-2-3-8-19(17)26-21/h4-6,9,11-12H,2-3,7-8,13H2,1H3. The van der Waals surface area contributed by atoms with E-state index < -0.39 is 0 Å². The Hall–Kier alpha value is -3.33. The van der Waals surface area contributed by atoms with Gasteiger partial charge in [-0.1, -0.05) is 6.07 Å². The van der Waals surface area contributed by atoms with E-state index in [9.17, 15) is 0 Å². The molecule has 0 unspecified atom stereocenters. The van der Waals surface area contributed by atoms with Crippen molar-refractivity contribution < 1.29 is 4.74 Å². The third-order valence-electron chi connectivity index (χ3n) is 4.65. The second kappa shape index (κ2) is 7.50. The first-order valence-corrected chi connectivity index (χ1v) is 9.03. The van der Waals surface area contributed by atoms with E-state index in [2.05, 4.69) is 15.0 Å². The van der Waals surface area contributed by atoms with E-state index in [-0.39, 0.29) is 5.82 Å². The van der Waals surface area contributed by atoms with Gasteiger partial charge in [-0.05, 0) is 55.9 Å². The lowest BCUT2D eigenvalue weighted by Crippen LogP contribution is -2.10. The first kappa shape index (κ1) is 17.1. The SMILES string of the molecule is Cc1cccc(COc2cc(-c3cnc(C#N)nc3)c3c(n2)CCCC3)n1. The number of rotatable bonds is 4. The molecular formula is C21H19N5O. The highest BCUT2D eigenvalue weighted by Gasteiger charge is 2.18. The second-order valence-corrected chi connectivity index (χ2v) is 6.61. The van der Waals surface area contributed by atoms with Crippen molar-refractivity contribution in [2.24, 2.45) is 0 Å². The van der Waals surface area contributed by atoms with E-state index >= 15 is 0 Å². The van der Waals surface area contributed by atoms with E-state index in [1.807, 2.05) is 37.3 Å². The van der Waals surface area contributed by atoms with Gasteiger partial charge in [-0.2, -0.15) is 5.26 Å². The third-order valence-corrected chi connectivity index (χ3v) is 4.65. The summed E-state index contributed by atoms with van der Waals surface area (Å²) in [6.45, 7) is 2.33. The molecule has 0 aliphatic heterocycles. The van der Waals surface area contributed by atoms with Gasteiger partial charge in [0.2, 0.25) is 11.7 Å². The van der Waals surface area contributed by atoms with Crippen LogP contribution in [0.2, 0.25) is 0 Å². The largest absolute Gasteiger partial charge is 0.471 e. The van der Waals surface area contributed by atoms with Crippen LogP contribution in [-0.4, -0.2) is 19.9 Å². The Morgan fingerprint density at radius 2 is 1.93 bits per heavy atom. The highest BCUT2D eigenvalue weighted by Crippen LogP contribution is 2.33. The van der Waals surface area contributed by atoms with Gasteiger partial charge in [0.1, 0.15) is 12.7 Å². The molecule has 0 spiro atoms. The molecule has 1 aliphatic carbocycles. The van der Waals surface area contributed by atoms with Gasteiger partial charge < -0.3 is 4.74 Å².